The van der Waals surface area contributed by atoms with Gasteiger partial charge in [-0.2, -0.15) is 26.3 Å². The number of hydrogen-bond donors (Lipinski definition) is 3. The molecule has 5 nitrogen and oxygen atoms in total. The van der Waals surface area contributed by atoms with Crippen molar-refractivity contribution in [3.8, 4) is 0 Å². The van der Waals surface area contributed by atoms with Crippen LogP contribution in [0.5, 0.6) is 0 Å². The molecule has 0 spiro atoms. The summed E-state index contributed by atoms with van der Waals surface area (Å²) in [6.45, 7) is 0. The van der Waals surface area contributed by atoms with Crippen molar-refractivity contribution in [3.05, 3.63) is 80.2 Å². The number of aromatic amines is 1. The van der Waals surface area contributed by atoms with Gasteiger partial charge in [0, 0.05) is 22.8 Å². The minimum Gasteiger partial charge on any atom is -0.359 e. The molecule has 0 amide bonds. The van der Waals surface area contributed by atoms with Crippen LogP contribution in [0.15, 0.2) is 58.3 Å². The lowest BCUT2D eigenvalue weighted by Gasteiger charge is -2.15. The van der Waals surface area contributed by atoms with Crippen molar-refractivity contribution in [2.45, 2.75) is 12.4 Å². The van der Waals surface area contributed by atoms with Crippen molar-refractivity contribution in [3.63, 3.8) is 0 Å². The Bertz CT molecular complexity index is 1340. The molecule has 0 bridgehead atoms. The van der Waals surface area contributed by atoms with Crippen molar-refractivity contribution in [2.24, 2.45) is 0 Å². The second-order valence-electron chi connectivity index (χ2n) is 6.69. The topological polar surface area (TPSA) is 74.0 Å². The van der Waals surface area contributed by atoms with E-state index >= 15 is 0 Å². The quantitative estimate of drug-likeness (QED) is 0.299. The Balaban J connectivity index is 1.64. The Morgan fingerprint density at radius 2 is 1.26 bits per heavy atom. The zero-order valence-corrected chi connectivity index (χ0v) is 15.2. The molecule has 160 valence electrons. The van der Waals surface area contributed by atoms with Crippen LogP contribution in [0.25, 0.3) is 10.9 Å². The number of hydrogen-bond acceptors (Lipinski definition) is 4. The van der Waals surface area contributed by atoms with Gasteiger partial charge in [-0.1, -0.05) is 0 Å². The van der Waals surface area contributed by atoms with Crippen LogP contribution < -0.4 is 21.5 Å². The molecule has 4 rings (SSSR count). The summed E-state index contributed by atoms with van der Waals surface area (Å²) in [7, 11) is 0. The highest BCUT2D eigenvalue weighted by atomic mass is 19.4. The van der Waals surface area contributed by atoms with Crippen LogP contribution in [-0.4, -0.2) is 4.98 Å². The Hall–Kier alpha value is -3.76. The molecule has 0 atom stereocenters. The zero-order chi connectivity index (χ0) is 22.6. The van der Waals surface area contributed by atoms with Gasteiger partial charge in [-0.3, -0.25) is 9.59 Å². The van der Waals surface area contributed by atoms with E-state index in [2.05, 4.69) is 15.6 Å². The lowest BCUT2D eigenvalue weighted by molar-refractivity contribution is -0.138. The number of nitrogens with one attached hydrogen (secondary N) is 3. The van der Waals surface area contributed by atoms with Gasteiger partial charge in [0.25, 0.3) is 10.9 Å². The lowest BCUT2D eigenvalue weighted by atomic mass is 10.1. The summed E-state index contributed by atoms with van der Waals surface area (Å²) < 4.78 is 77.0. The van der Waals surface area contributed by atoms with Gasteiger partial charge in [-0.25, -0.2) is 0 Å². The van der Waals surface area contributed by atoms with Gasteiger partial charge >= 0.3 is 12.4 Å². The third-order valence-electron chi connectivity index (χ3n) is 4.66. The summed E-state index contributed by atoms with van der Waals surface area (Å²) in [6, 6.07) is 6.81. The first-order valence-electron chi connectivity index (χ1n) is 8.68. The fourth-order valence-corrected chi connectivity index (χ4v) is 3.05. The molecule has 3 N–H and O–H groups in total. The Morgan fingerprint density at radius 1 is 0.710 bits per heavy atom. The molecule has 1 aromatic heterocycles. The van der Waals surface area contributed by atoms with Gasteiger partial charge in [-0.15, -0.1) is 0 Å². The van der Waals surface area contributed by atoms with Crippen LogP contribution in [0.1, 0.15) is 11.1 Å². The van der Waals surface area contributed by atoms with E-state index < -0.39 is 34.3 Å². The van der Waals surface area contributed by atoms with Crippen LogP contribution >= 0.6 is 0 Å². The maximum Gasteiger partial charge on any atom is 0.416 e. The van der Waals surface area contributed by atoms with E-state index in [0.717, 1.165) is 36.4 Å². The highest BCUT2D eigenvalue weighted by Gasteiger charge is 2.31. The molecule has 0 aliphatic carbocycles. The largest absolute Gasteiger partial charge is 0.416 e. The molecule has 1 heterocycles. The van der Waals surface area contributed by atoms with Gasteiger partial charge in [0.1, 0.15) is 11.4 Å². The smallest absolute Gasteiger partial charge is 0.359 e. The van der Waals surface area contributed by atoms with E-state index in [1.165, 1.54) is 12.3 Å². The third kappa shape index (κ3) is 3.74. The number of aromatic nitrogens is 1. The van der Waals surface area contributed by atoms with E-state index in [1.54, 1.807) is 0 Å². The summed E-state index contributed by atoms with van der Waals surface area (Å²) in [5, 5.41) is 5.35. The highest BCUT2D eigenvalue weighted by molar-refractivity contribution is 5.96. The maximum atomic E-state index is 13.0. The number of fused-ring (bicyclic) bond motifs is 1. The normalized spacial score (nSPS) is 12.5. The van der Waals surface area contributed by atoms with Crippen molar-refractivity contribution in [2.75, 3.05) is 10.6 Å². The first-order valence-corrected chi connectivity index (χ1v) is 8.68. The molecule has 0 aliphatic heterocycles. The van der Waals surface area contributed by atoms with E-state index in [1.807, 2.05) is 0 Å². The van der Waals surface area contributed by atoms with Crippen LogP contribution in [-0.2, 0) is 12.4 Å². The molecular formula is C20H11F6N3O2. The highest BCUT2D eigenvalue weighted by Crippen LogP contribution is 2.35. The van der Waals surface area contributed by atoms with Crippen molar-refractivity contribution in [1.82, 2.24) is 4.98 Å². The van der Waals surface area contributed by atoms with Crippen LogP contribution in [0.4, 0.5) is 49.1 Å². The molecule has 3 aromatic carbocycles. The standard InChI is InChI=1S/C20H11F6N3O2/c21-19(22,23)9-1-4-11(5-2-9)28-15-16(18(31)17(15)30)29-14-8-27-13-6-3-10(7-12(13)14)20(24,25)26/h1-8,27-29H. The maximum absolute atomic E-state index is 13.0. The van der Waals surface area contributed by atoms with Crippen molar-refractivity contribution < 1.29 is 26.3 Å². The predicted octanol–water partition coefficient (Wildman–Crippen LogP) is 5.29. The van der Waals surface area contributed by atoms with Gasteiger partial charge < -0.3 is 15.6 Å². The van der Waals surface area contributed by atoms with Gasteiger partial charge in [0.05, 0.1) is 16.8 Å². The molecular weight excluding hydrogens is 428 g/mol. The molecule has 31 heavy (non-hydrogen) atoms. The van der Waals surface area contributed by atoms with E-state index in [-0.39, 0.29) is 28.1 Å². The summed E-state index contributed by atoms with van der Waals surface area (Å²) >= 11 is 0. The number of anilines is 4. The van der Waals surface area contributed by atoms with Crippen LogP contribution in [0, 0.1) is 0 Å². The number of benzene rings is 2. The summed E-state index contributed by atoms with van der Waals surface area (Å²) in [6.07, 6.45) is -7.76. The van der Waals surface area contributed by atoms with E-state index in [9.17, 15) is 35.9 Å². The first kappa shape index (κ1) is 20.5. The average Bonchev–Trinajstić information content (AvgIpc) is 3.11. The Kier molecular flexibility index (Phi) is 4.56. The molecule has 0 radical (unpaired) electrons. The number of alkyl halides is 6. The molecule has 0 saturated carbocycles. The predicted molar refractivity (Wildman–Crippen MR) is 103 cm³/mol. The summed E-state index contributed by atoms with van der Waals surface area (Å²) in [5.74, 6) is 0. The minimum absolute atomic E-state index is 0.126. The van der Waals surface area contributed by atoms with E-state index in [0.29, 0.717) is 5.52 Å². The van der Waals surface area contributed by atoms with Crippen LogP contribution in [0.3, 0.4) is 0 Å². The average molecular weight is 439 g/mol. The second-order valence-corrected chi connectivity index (χ2v) is 6.69. The van der Waals surface area contributed by atoms with Gasteiger partial charge in [0.2, 0.25) is 0 Å². The Labute approximate surface area is 169 Å². The lowest BCUT2D eigenvalue weighted by Crippen LogP contribution is -2.35. The van der Waals surface area contributed by atoms with Crippen molar-refractivity contribution >= 4 is 33.7 Å². The minimum atomic E-state index is -4.57. The molecule has 0 fully saturated rings. The first-order chi connectivity index (χ1) is 14.4. The number of H-pyrrole nitrogens is 1. The molecule has 4 aromatic rings. The molecule has 0 saturated heterocycles. The number of halogens is 6. The number of rotatable bonds is 4. The summed E-state index contributed by atoms with van der Waals surface area (Å²) in [5.41, 5.74) is -3.38. The summed E-state index contributed by atoms with van der Waals surface area (Å²) in [4.78, 5) is 26.7. The van der Waals surface area contributed by atoms with Gasteiger partial charge in [-0.05, 0) is 42.5 Å². The SMILES string of the molecule is O=c1c(Nc2ccc(C(F)(F)F)cc2)c(Nc2c[nH]c3ccc(C(F)(F)F)cc23)c1=O. The van der Waals surface area contributed by atoms with Crippen LogP contribution in [0.2, 0.25) is 0 Å². The van der Waals surface area contributed by atoms with E-state index in [4.69, 9.17) is 0 Å². The molecule has 11 heteroatoms. The molecule has 0 aliphatic rings. The fourth-order valence-electron chi connectivity index (χ4n) is 3.05. The fraction of sp³-hybridized carbons (Fsp3) is 0.100. The second kappa shape index (κ2) is 6.89. The molecule has 0 unspecified atom stereocenters. The Morgan fingerprint density at radius 3 is 1.84 bits per heavy atom. The van der Waals surface area contributed by atoms with Gasteiger partial charge in [0.15, 0.2) is 0 Å². The third-order valence-corrected chi connectivity index (χ3v) is 4.66. The van der Waals surface area contributed by atoms with Crippen molar-refractivity contribution in [1.29, 1.82) is 0 Å². The zero-order valence-electron chi connectivity index (χ0n) is 15.2. The monoisotopic (exact) mass is 439 g/mol.